The predicted molar refractivity (Wildman–Crippen MR) is 221 cm³/mol. The van der Waals surface area contributed by atoms with Crippen LogP contribution in [0.2, 0.25) is 0 Å². The Bertz CT molecular complexity index is 1270. The fraction of sp³-hybridized carbons (Fsp3) is 0.613. The van der Waals surface area contributed by atoms with Crippen molar-refractivity contribution in [2.45, 2.75) is 85.7 Å². The minimum atomic E-state index is -0.463. The minimum Gasteiger partial charge on any atom is -0.368 e. The average molecular weight is 857 g/mol. The second-order valence-electron chi connectivity index (χ2n) is 10.3. The summed E-state index contributed by atoms with van der Waals surface area (Å²) in [4.78, 5) is 93.2. The molecule has 0 spiro atoms. The lowest BCUT2D eigenvalue weighted by atomic mass is 10.1. The summed E-state index contributed by atoms with van der Waals surface area (Å²) in [7, 11) is 3.79. The number of amides is 7. The number of nitrogens with two attached hydrogens (primary N) is 2. The molecule has 0 saturated carbocycles. The SMILES string of the molecule is C.C.C.CNC(CCCCNC(=O)CCN1C(=O)C=CC1=O)C(=O)P=S.NCNC(CCCCNC(=O)CCN1C(=O)C=CC1=O)C(N)=O.S=PP=S. The van der Waals surface area contributed by atoms with Crippen molar-refractivity contribution in [3.8, 4) is 0 Å². The molecule has 2 aliphatic heterocycles. The molecule has 2 aliphatic rings. The molecule has 8 N–H and O–H groups in total. The summed E-state index contributed by atoms with van der Waals surface area (Å²) in [5, 5.41) is 11.1. The van der Waals surface area contributed by atoms with Crippen LogP contribution in [-0.2, 0) is 73.8 Å². The first-order valence-electron chi connectivity index (χ1n) is 15.4. The number of hydrogen-bond acceptors (Lipinski definition) is 14. The zero-order valence-electron chi connectivity index (χ0n) is 27.5. The smallest absolute Gasteiger partial charge is 0.253 e. The summed E-state index contributed by atoms with van der Waals surface area (Å²) >= 11 is 13.5. The van der Waals surface area contributed by atoms with Gasteiger partial charge in [-0.1, -0.05) is 22.3 Å². The number of rotatable bonds is 23. The Kier molecular flexibility index (Phi) is 37.7. The molecule has 0 bridgehead atoms. The molecule has 2 atom stereocenters. The number of unbranched alkanes of at least 4 members (excludes halogenated alkanes) is 2. The van der Waals surface area contributed by atoms with Crippen molar-refractivity contribution in [2.24, 2.45) is 11.5 Å². The molecule has 0 aliphatic carbocycles. The zero-order valence-corrected chi connectivity index (χ0v) is 32.7. The van der Waals surface area contributed by atoms with Gasteiger partial charge in [0.25, 0.3) is 23.6 Å². The number of nitrogens with zero attached hydrogens (tertiary/aromatic N) is 2. The molecule has 53 heavy (non-hydrogen) atoms. The molecule has 0 aromatic rings. The summed E-state index contributed by atoms with van der Waals surface area (Å²) in [6.07, 6.45) is 9.06. The van der Waals surface area contributed by atoms with Crippen LogP contribution in [-0.4, -0.2) is 109 Å². The van der Waals surface area contributed by atoms with E-state index in [0.29, 0.717) is 46.1 Å². The second-order valence-corrected chi connectivity index (χ2v) is 15.7. The predicted octanol–water partition coefficient (Wildman–Crippen LogP) is 1.68. The fourth-order valence-corrected chi connectivity index (χ4v) is 5.02. The summed E-state index contributed by atoms with van der Waals surface area (Å²) in [5.74, 6) is -2.45. The number of primary amides is 1. The highest BCUT2D eigenvalue weighted by atomic mass is 32.7. The first-order chi connectivity index (χ1) is 23.9. The number of carbonyl (C=O) groups excluding carboxylic acids is 8. The first kappa shape index (κ1) is 57.0. The molecule has 2 heterocycles. The van der Waals surface area contributed by atoms with Crippen molar-refractivity contribution in [1.29, 1.82) is 0 Å². The van der Waals surface area contributed by atoms with Gasteiger partial charge in [-0.2, -0.15) is 0 Å². The number of imide groups is 2. The van der Waals surface area contributed by atoms with Crippen molar-refractivity contribution >= 4 is 104 Å². The maximum Gasteiger partial charge on any atom is 0.253 e. The van der Waals surface area contributed by atoms with Gasteiger partial charge in [0, 0.05) is 84.1 Å². The van der Waals surface area contributed by atoms with Crippen molar-refractivity contribution in [3.63, 3.8) is 0 Å². The van der Waals surface area contributed by atoms with Crippen molar-refractivity contribution in [1.82, 2.24) is 31.1 Å². The molecule has 0 aromatic carbocycles. The Morgan fingerprint density at radius 1 is 0.698 bits per heavy atom. The van der Waals surface area contributed by atoms with Crippen LogP contribution in [0, 0.1) is 0 Å². The highest BCUT2D eigenvalue weighted by Gasteiger charge is 2.24. The van der Waals surface area contributed by atoms with Gasteiger partial charge in [-0.3, -0.25) is 53.5 Å². The lowest BCUT2D eigenvalue weighted by Crippen LogP contribution is -2.43. The van der Waals surface area contributed by atoms with E-state index in [1.165, 1.54) is 24.3 Å². The van der Waals surface area contributed by atoms with Crippen LogP contribution < -0.4 is 32.7 Å². The lowest BCUT2D eigenvalue weighted by molar-refractivity contribution is -0.139. The van der Waals surface area contributed by atoms with E-state index in [1.54, 1.807) is 7.05 Å². The molecule has 22 heteroatoms. The fourth-order valence-electron chi connectivity index (χ4n) is 4.25. The summed E-state index contributed by atoms with van der Waals surface area (Å²) in [6.45, 7) is 1.28. The van der Waals surface area contributed by atoms with E-state index in [1.807, 2.05) is 0 Å². The summed E-state index contributed by atoms with van der Waals surface area (Å²) < 4.78 is 0. The van der Waals surface area contributed by atoms with E-state index in [-0.39, 0.29) is 90.1 Å². The number of carbonyl (C=O) groups is 8. The molecule has 0 saturated heterocycles. The maximum atomic E-state index is 11.7. The third kappa shape index (κ3) is 25.9. The molecule has 300 valence electrons. The summed E-state index contributed by atoms with van der Waals surface area (Å²) in [5.41, 5.74) is 10.5. The van der Waals surface area contributed by atoms with Crippen LogP contribution in [0.4, 0.5) is 0 Å². The van der Waals surface area contributed by atoms with Gasteiger partial charge < -0.3 is 27.4 Å². The summed E-state index contributed by atoms with van der Waals surface area (Å²) in [6, 6.07) is -0.694. The normalized spacial score (nSPS) is 13.8. The van der Waals surface area contributed by atoms with Crippen molar-refractivity contribution < 1.29 is 38.4 Å². The van der Waals surface area contributed by atoms with Crippen LogP contribution in [0.5, 0.6) is 0 Å². The van der Waals surface area contributed by atoms with Gasteiger partial charge in [-0.25, -0.2) is 0 Å². The Hall–Kier alpha value is -2.72. The second kappa shape index (κ2) is 35.0. The average Bonchev–Trinajstić information content (AvgIpc) is 3.60. The van der Waals surface area contributed by atoms with Gasteiger partial charge in [0.15, 0.2) is 0 Å². The van der Waals surface area contributed by atoms with E-state index in [0.717, 1.165) is 36.7 Å². The third-order valence-corrected chi connectivity index (χ3v) is 10.6. The van der Waals surface area contributed by atoms with E-state index < -0.39 is 23.8 Å². The Morgan fingerprint density at radius 2 is 1.08 bits per heavy atom. The maximum absolute atomic E-state index is 11.7. The molecule has 16 nitrogen and oxygen atoms in total. The van der Waals surface area contributed by atoms with Gasteiger partial charge in [0.05, 0.1) is 19.4 Å². The highest BCUT2D eigenvalue weighted by molar-refractivity contribution is 8.40. The van der Waals surface area contributed by atoms with Gasteiger partial charge >= 0.3 is 0 Å². The van der Waals surface area contributed by atoms with E-state index in [2.05, 4.69) is 44.9 Å². The van der Waals surface area contributed by atoms with Crippen LogP contribution in [0.1, 0.15) is 73.6 Å². The molecule has 0 aromatic heterocycles. The molecule has 7 amide bonds. The first-order valence-corrected chi connectivity index (χ1v) is 21.8. The van der Waals surface area contributed by atoms with Gasteiger partial charge in [0.2, 0.25) is 23.2 Å². The van der Waals surface area contributed by atoms with Crippen LogP contribution in [0.15, 0.2) is 24.3 Å². The molecule has 2 unspecified atom stereocenters. The zero-order chi connectivity index (χ0) is 37.9. The standard InChI is InChI=1S/C14H23N5O4.C14H20N3O4PS.3CH4.P2S2/c15-9-18-10(14(16)23)3-1-2-7-17-11(20)6-8-19-12(21)4-5-13(19)22;1-15-10(14(21)22-23)4-2-3-8-16-11(18)7-9-17-12(19)5-6-13(17)20;;;;3-1-2-4/h4-5,10,18H,1-3,6-9,15H2,(H2,16,23)(H,17,20);5-6,10,15H,2-4,7-9H2,1H3,(H,16,18);3*1H4;. The quantitative estimate of drug-likeness (QED) is 0.0371. The molecule has 0 radical (unpaired) electrons. The molecule has 0 fully saturated rings. The third-order valence-electron chi connectivity index (χ3n) is 6.89. The van der Waals surface area contributed by atoms with Gasteiger partial charge in [0.1, 0.15) is 0 Å². The molecule has 2 rings (SSSR count). The number of likely N-dealkylation sites (N-methyl/N-ethyl adjacent to an activating group) is 1. The Balaban J connectivity index is -0.000000391. The van der Waals surface area contributed by atoms with E-state index in [9.17, 15) is 38.4 Å². The van der Waals surface area contributed by atoms with E-state index in [4.69, 9.17) is 23.3 Å². The Labute approximate surface area is 333 Å². The molecular formula is C31H55N8O8P3S3. The van der Waals surface area contributed by atoms with Gasteiger partial charge in [-0.15, -0.1) is 0 Å². The van der Waals surface area contributed by atoms with Gasteiger partial charge in [-0.05, 0) is 81.0 Å². The van der Waals surface area contributed by atoms with Crippen LogP contribution >= 0.6 is 21.4 Å². The van der Waals surface area contributed by atoms with Crippen LogP contribution in [0.25, 0.3) is 0 Å². The lowest BCUT2D eigenvalue weighted by Gasteiger charge is -2.14. The molecular weight excluding hydrogens is 802 g/mol. The largest absolute Gasteiger partial charge is 0.368 e. The van der Waals surface area contributed by atoms with E-state index >= 15 is 0 Å². The van der Waals surface area contributed by atoms with Crippen molar-refractivity contribution in [2.75, 3.05) is 39.9 Å². The monoisotopic (exact) mass is 856 g/mol. The minimum absolute atomic E-state index is 0. The highest BCUT2D eigenvalue weighted by Crippen LogP contribution is 2.10. The van der Waals surface area contributed by atoms with Crippen LogP contribution in [0.3, 0.4) is 0 Å². The Morgan fingerprint density at radius 3 is 1.38 bits per heavy atom. The number of hydrogen-bond donors (Lipinski definition) is 6. The number of nitrogens with one attached hydrogen (secondary N) is 4. The van der Waals surface area contributed by atoms with Crippen molar-refractivity contribution in [3.05, 3.63) is 24.3 Å². The topological polar surface area (TPSA) is 243 Å².